The zero-order valence-electron chi connectivity index (χ0n) is 18.2. The lowest BCUT2D eigenvalue weighted by atomic mass is 10.1. The summed E-state index contributed by atoms with van der Waals surface area (Å²) in [5.74, 6) is 1.38. The highest BCUT2D eigenvalue weighted by Crippen LogP contribution is 2.31. The van der Waals surface area contributed by atoms with Gasteiger partial charge in [-0.05, 0) is 43.7 Å². The van der Waals surface area contributed by atoms with Gasteiger partial charge in [-0.15, -0.1) is 11.8 Å². The Labute approximate surface area is 189 Å². The molecule has 6 nitrogen and oxygen atoms in total. The highest BCUT2D eigenvalue weighted by molar-refractivity contribution is 7.98. The topological polar surface area (TPSA) is 64.8 Å². The molecule has 1 heterocycles. The van der Waals surface area contributed by atoms with Crippen molar-refractivity contribution in [3.05, 3.63) is 70.6 Å². The number of carbonyl (C=O) groups is 1. The fourth-order valence-electron chi connectivity index (χ4n) is 3.18. The molecule has 0 atom stereocenters. The van der Waals surface area contributed by atoms with Crippen LogP contribution in [0.3, 0.4) is 0 Å². The average Bonchev–Trinajstić information content (AvgIpc) is 3.09. The molecule has 0 N–H and O–H groups in total. The Morgan fingerprint density at radius 2 is 1.94 bits per heavy atom. The number of benzene rings is 2. The van der Waals surface area contributed by atoms with Crippen molar-refractivity contribution >= 4 is 17.7 Å². The molecule has 0 aliphatic carbocycles. The second-order valence-corrected chi connectivity index (χ2v) is 8.13. The van der Waals surface area contributed by atoms with Crippen LogP contribution in [-0.2, 0) is 12.3 Å². The first kappa shape index (κ1) is 23.6. The summed E-state index contributed by atoms with van der Waals surface area (Å²) in [6.07, 6.45) is 0. The number of methoxy groups -OCH3 is 1. The average molecular weight is 463 g/mol. The molecule has 0 bridgehead atoms. The predicted molar refractivity (Wildman–Crippen MR) is 117 cm³/mol. The molecule has 3 aromatic rings. The minimum Gasteiger partial charge on any atom is -0.493 e. The lowest BCUT2D eigenvalue weighted by Crippen LogP contribution is -2.26. The van der Waals surface area contributed by atoms with E-state index in [1.54, 1.807) is 41.9 Å². The smallest absolute Gasteiger partial charge is 0.387 e. The van der Waals surface area contributed by atoms with Crippen molar-refractivity contribution in [2.75, 3.05) is 14.2 Å². The number of rotatable bonds is 9. The van der Waals surface area contributed by atoms with Gasteiger partial charge in [0.05, 0.1) is 18.4 Å². The number of ether oxygens (including phenoxy) is 2. The van der Waals surface area contributed by atoms with Gasteiger partial charge in [-0.1, -0.05) is 23.4 Å². The van der Waals surface area contributed by atoms with Gasteiger partial charge in [0.1, 0.15) is 5.76 Å². The molecular weight excluding hydrogens is 438 g/mol. The Kier molecular flexibility index (Phi) is 7.74. The molecule has 0 aliphatic rings. The van der Waals surface area contributed by atoms with Crippen LogP contribution in [0.15, 0.2) is 51.9 Å². The maximum Gasteiger partial charge on any atom is 0.387 e. The maximum absolute atomic E-state index is 13.2. The van der Waals surface area contributed by atoms with Crippen molar-refractivity contribution in [2.45, 2.75) is 37.7 Å². The Bertz CT molecular complexity index is 1070. The molecule has 1 amide bonds. The third-order valence-electron chi connectivity index (χ3n) is 4.88. The number of alkyl halides is 2. The van der Waals surface area contributed by atoms with Crippen LogP contribution in [0.25, 0.3) is 0 Å². The largest absolute Gasteiger partial charge is 0.493 e. The normalized spacial score (nSPS) is 11.0. The lowest BCUT2D eigenvalue weighted by molar-refractivity contribution is -0.0512. The van der Waals surface area contributed by atoms with Gasteiger partial charge < -0.3 is 18.9 Å². The van der Waals surface area contributed by atoms with E-state index >= 15 is 0 Å². The van der Waals surface area contributed by atoms with Crippen molar-refractivity contribution in [3.63, 3.8) is 0 Å². The molecule has 0 fully saturated rings. The molecule has 0 radical (unpaired) electrons. The van der Waals surface area contributed by atoms with E-state index in [4.69, 9.17) is 9.26 Å². The lowest BCUT2D eigenvalue weighted by Gasteiger charge is -2.20. The van der Waals surface area contributed by atoms with Gasteiger partial charge in [-0.25, -0.2) is 0 Å². The van der Waals surface area contributed by atoms with Crippen molar-refractivity contribution in [3.8, 4) is 11.5 Å². The predicted octanol–water partition coefficient (Wildman–Crippen LogP) is 5.47. The number of amides is 1. The number of hydrogen-bond acceptors (Lipinski definition) is 6. The Morgan fingerprint density at radius 3 is 2.59 bits per heavy atom. The van der Waals surface area contributed by atoms with Crippen molar-refractivity contribution in [1.29, 1.82) is 0 Å². The van der Waals surface area contributed by atoms with Crippen LogP contribution in [0.5, 0.6) is 11.5 Å². The fourth-order valence-corrected chi connectivity index (χ4v) is 4.38. The van der Waals surface area contributed by atoms with E-state index in [9.17, 15) is 13.6 Å². The summed E-state index contributed by atoms with van der Waals surface area (Å²) >= 11 is 1.54. The van der Waals surface area contributed by atoms with Crippen LogP contribution in [0.2, 0.25) is 0 Å². The maximum atomic E-state index is 13.2. The minimum absolute atomic E-state index is 0.0544. The monoisotopic (exact) mass is 462 g/mol. The quantitative estimate of drug-likeness (QED) is 0.393. The number of halogens is 2. The molecular formula is C23H24F2N2O4S. The molecule has 32 heavy (non-hydrogen) atoms. The van der Waals surface area contributed by atoms with E-state index in [1.807, 2.05) is 32.0 Å². The first-order valence-corrected chi connectivity index (χ1v) is 10.8. The second-order valence-electron chi connectivity index (χ2n) is 7.11. The summed E-state index contributed by atoms with van der Waals surface area (Å²) in [6.45, 7) is 1.08. The van der Waals surface area contributed by atoms with Gasteiger partial charge in [0.2, 0.25) is 0 Å². The molecule has 170 valence electrons. The van der Waals surface area contributed by atoms with Gasteiger partial charge in [0.25, 0.3) is 5.91 Å². The van der Waals surface area contributed by atoms with Crippen LogP contribution in [-0.4, -0.2) is 36.7 Å². The molecule has 0 aliphatic heterocycles. The first-order valence-electron chi connectivity index (χ1n) is 9.81. The number of aryl methyl sites for hydroxylation is 2. The van der Waals surface area contributed by atoms with E-state index in [1.165, 1.54) is 13.2 Å². The van der Waals surface area contributed by atoms with E-state index in [-0.39, 0.29) is 24.0 Å². The van der Waals surface area contributed by atoms with Crippen LogP contribution in [0.1, 0.15) is 32.9 Å². The molecule has 0 unspecified atom stereocenters. The van der Waals surface area contributed by atoms with Crippen LogP contribution in [0.4, 0.5) is 8.78 Å². The summed E-state index contributed by atoms with van der Waals surface area (Å²) in [5.41, 5.74) is 3.16. The highest BCUT2D eigenvalue weighted by Gasteiger charge is 2.19. The highest BCUT2D eigenvalue weighted by atomic mass is 32.2. The van der Waals surface area contributed by atoms with Gasteiger partial charge >= 0.3 is 6.61 Å². The third-order valence-corrected chi connectivity index (χ3v) is 5.98. The van der Waals surface area contributed by atoms with E-state index in [0.717, 1.165) is 27.5 Å². The fraction of sp³-hybridized carbons (Fsp3) is 0.304. The zero-order chi connectivity index (χ0) is 23.3. The summed E-state index contributed by atoms with van der Waals surface area (Å²) < 4.78 is 39.9. The SMILES string of the molecule is COc1cc(CN(C)C(=O)c2ccccc2SCc2c(C)noc2C)ccc1OC(F)F. The van der Waals surface area contributed by atoms with E-state index < -0.39 is 6.61 Å². The summed E-state index contributed by atoms with van der Waals surface area (Å²) in [5, 5.41) is 3.97. The molecule has 9 heteroatoms. The van der Waals surface area contributed by atoms with E-state index in [2.05, 4.69) is 9.89 Å². The Balaban J connectivity index is 1.73. The molecule has 0 spiro atoms. The van der Waals surface area contributed by atoms with Crippen molar-refractivity contribution in [1.82, 2.24) is 10.1 Å². The van der Waals surface area contributed by atoms with Crippen LogP contribution >= 0.6 is 11.8 Å². The number of nitrogens with zero attached hydrogens (tertiary/aromatic N) is 2. The number of carbonyl (C=O) groups excluding carboxylic acids is 1. The number of hydrogen-bond donors (Lipinski definition) is 0. The zero-order valence-corrected chi connectivity index (χ0v) is 19.0. The summed E-state index contributed by atoms with van der Waals surface area (Å²) in [4.78, 5) is 15.6. The molecule has 2 aromatic carbocycles. The standard InChI is InChI=1S/C23H24F2N2O4S/c1-14-18(15(2)31-26-14)13-32-21-8-6-5-7-17(21)22(28)27(3)12-16-9-10-19(30-23(24)25)20(11-16)29-4/h5-11,23H,12-13H2,1-4H3. The van der Waals surface area contributed by atoms with Crippen LogP contribution in [0, 0.1) is 13.8 Å². The minimum atomic E-state index is -2.95. The number of aromatic nitrogens is 1. The summed E-state index contributed by atoms with van der Waals surface area (Å²) in [7, 11) is 3.06. The second kappa shape index (κ2) is 10.5. The van der Waals surface area contributed by atoms with Crippen molar-refractivity contribution < 1.29 is 27.6 Å². The molecule has 0 saturated heterocycles. The first-order chi connectivity index (χ1) is 15.3. The van der Waals surface area contributed by atoms with Gasteiger partial charge in [-0.2, -0.15) is 8.78 Å². The number of thioether (sulfide) groups is 1. The third kappa shape index (κ3) is 5.59. The van der Waals surface area contributed by atoms with Gasteiger partial charge in [0, 0.05) is 29.8 Å². The van der Waals surface area contributed by atoms with Crippen LogP contribution < -0.4 is 9.47 Å². The molecule has 1 aromatic heterocycles. The Hall–Kier alpha value is -3.07. The van der Waals surface area contributed by atoms with Gasteiger partial charge in [-0.3, -0.25) is 4.79 Å². The molecule has 0 saturated carbocycles. The Morgan fingerprint density at radius 1 is 1.19 bits per heavy atom. The van der Waals surface area contributed by atoms with Gasteiger partial charge in [0.15, 0.2) is 11.5 Å². The van der Waals surface area contributed by atoms with Crippen molar-refractivity contribution in [2.24, 2.45) is 0 Å². The summed E-state index contributed by atoms with van der Waals surface area (Å²) in [6, 6.07) is 12.0. The van der Waals surface area contributed by atoms with E-state index in [0.29, 0.717) is 11.3 Å². The molecule has 3 rings (SSSR count).